The number of hydrogen-bond donors (Lipinski definition) is 1. The van der Waals surface area contributed by atoms with Gasteiger partial charge in [-0.15, -0.1) is 0 Å². The van der Waals surface area contributed by atoms with Gasteiger partial charge in [0.05, 0.1) is 6.26 Å². The van der Waals surface area contributed by atoms with E-state index in [-0.39, 0.29) is 0 Å². The van der Waals surface area contributed by atoms with Crippen LogP contribution in [-0.2, 0) is 0 Å². The molecule has 3 aromatic rings. The SMILES string of the molecule is Cc1ccc(C(O)c2coc3ccccc23)cc1C. The average Bonchev–Trinajstić information content (AvgIpc) is 2.85. The van der Waals surface area contributed by atoms with Gasteiger partial charge in [-0.05, 0) is 36.6 Å². The second kappa shape index (κ2) is 4.56. The van der Waals surface area contributed by atoms with Crippen molar-refractivity contribution in [2.45, 2.75) is 20.0 Å². The summed E-state index contributed by atoms with van der Waals surface area (Å²) in [6, 6.07) is 13.8. The number of rotatable bonds is 2. The molecule has 19 heavy (non-hydrogen) atoms. The molecule has 2 heteroatoms. The molecule has 0 saturated heterocycles. The standard InChI is InChI=1S/C17H16O2/c1-11-7-8-13(9-12(11)2)17(18)15-10-19-16-6-4-3-5-14(15)16/h3-10,17-18H,1-2H3. The maximum atomic E-state index is 10.5. The van der Waals surface area contributed by atoms with Crippen molar-refractivity contribution in [3.05, 3.63) is 71.0 Å². The Bertz CT molecular complexity index is 725. The minimum Gasteiger partial charge on any atom is -0.464 e. The quantitative estimate of drug-likeness (QED) is 0.744. The Balaban J connectivity index is 2.08. The van der Waals surface area contributed by atoms with Crippen LogP contribution in [-0.4, -0.2) is 5.11 Å². The van der Waals surface area contributed by atoms with Crippen LogP contribution >= 0.6 is 0 Å². The van der Waals surface area contributed by atoms with Gasteiger partial charge < -0.3 is 9.52 Å². The zero-order chi connectivity index (χ0) is 13.4. The van der Waals surface area contributed by atoms with Gasteiger partial charge in [-0.25, -0.2) is 0 Å². The van der Waals surface area contributed by atoms with Crippen LogP contribution in [0, 0.1) is 13.8 Å². The molecule has 0 aliphatic heterocycles. The summed E-state index contributed by atoms with van der Waals surface area (Å²) >= 11 is 0. The first kappa shape index (κ1) is 12.0. The molecule has 0 fully saturated rings. The third-order valence-electron chi connectivity index (χ3n) is 3.65. The third-order valence-corrected chi connectivity index (χ3v) is 3.65. The molecule has 1 N–H and O–H groups in total. The van der Waals surface area contributed by atoms with E-state index in [0.717, 1.165) is 22.1 Å². The Morgan fingerprint density at radius 1 is 1.00 bits per heavy atom. The highest BCUT2D eigenvalue weighted by Gasteiger charge is 2.16. The van der Waals surface area contributed by atoms with E-state index in [1.165, 1.54) is 11.1 Å². The van der Waals surface area contributed by atoms with Gasteiger partial charge in [0.25, 0.3) is 0 Å². The van der Waals surface area contributed by atoms with E-state index >= 15 is 0 Å². The zero-order valence-electron chi connectivity index (χ0n) is 11.1. The first-order valence-electron chi connectivity index (χ1n) is 6.38. The largest absolute Gasteiger partial charge is 0.464 e. The van der Waals surface area contributed by atoms with E-state index in [1.54, 1.807) is 6.26 Å². The van der Waals surface area contributed by atoms with Gasteiger partial charge in [0.15, 0.2) is 0 Å². The van der Waals surface area contributed by atoms with Gasteiger partial charge >= 0.3 is 0 Å². The molecule has 0 spiro atoms. The molecule has 2 aromatic carbocycles. The normalized spacial score (nSPS) is 12.8. The average molecular weight is 252 g/mol. The Hall–Kier alpha value is -2.06. The molecular weight excluding hydrogens is 236 g/mol. The monoisotopic (exact) mass is 252 g/mol. The Kier molecular flexibility index (Phi) is 2.88. The predicted octanol–water partition coefficient (Wildman–Crippen LogP) is 4.13. The van der Waals surface area contributed by atoms with Gasteiger partial charge in [0.1, 0.15) is 11.7 Å². The molecule has 2 nitrogen and oxygen atoms in total. The summed E-state index contributed by atoms with van der Waals surface area (Å²) in [5, 5.41) is 11.5. The number of aryl methyl sites for hydroxylation is 2. The molecule has 1 unspecified atom stereocenters. The minimum absolute atomic E-state index is 0.650. The number of fused-ring (bicyclic) bond motifs is 1. The van der Waals surface area contributed by atoms with Crippen molar-refractivity contribution in [3.8, 4) is 0 Å². The fourth-order valence-corrected chi connectivity index (χ4v) is 2.32. The summed E-state index contributed by atoms with van der Waals surface area (Å²) in [6.07, 6.45) is 0.993. The van der Waals surface area contributed by atoms with E-state index in [4.69, 9.17) is 4.42 Å². The van der Waals surface area contributed by atoms with Crippen LogP contribution in [0.5, 0.6) is 0 Å². The lowest BCUT2D eigenvalue weighted by molar-refractivity contribution is 0.220. The highest BCUT2D eigenvalue weighted by Crippen LogP contribution is 2.31. The number of furan rings is 1. The second-order valence-corrected chi connectivity index (χ2v) is 4.93. The Morgan fingerprint density at radius 2 is 1.79 bits per heavy atom. The summed E-state index contributed by atoms with van der Waals surface area (Å²) in [4.78, 5) is 0. The number of benzene rings is 2. The highest BCUT2D eigenvalue weighted by atomic mass is 16.3. The predicted molar refractivity (Wildman–Crippen MR) is 76.2 cm³/mol. The maximum absolute atomic E-state index is 10.5. The van der Waals surface area contributed by atoms with E-state index in [9.17, 15) is 5.11 Å². The highest BCUT2D eigenvalue weighted by molar-refractivity contribution is 5.81. The molecule has 0 aliphatic rings. The van der Waals surface area contributed by atoms with Crippen LogP contribution in [0.3, 0.4) is 0 Å². The molecular formula is C17H16O2. The van der Waals surface area contributed by atoms with E-state index in [2.05, 4.69) is 13.8 Å². The minimum atomic E-state index is -0.650. The summed E-state index contributed by atoms with van der Waals surface area (Å²) in [5.74, 6) is 0. The molecule has 1 heterocycles. The van der Waals surface area contributed by atoms with Gasteiger partial charge in [-0.2, -0.15) is 0 Å². The zero-order valence-corrected chi connectivity index (χ0v) is 11.1. The molecule has 1 atom stereocenters. The van der Waals surface area contributed by atoms with Crippen LogP contribution in [0.2, 0.25) is 0 Å². The molecule has 96 valence electrons. The van der Waals surface area contributed by atoms with E-state index in [1.807, 2.05) is 42.5 Å². The topological polar surface area (TPSA) is 33.4 Å². The Labute approximate surface area is 112 Å². The molecule has 0 radical (unpaired) electrons. The summed E-state index contributed by atoms with van der Waals surface area (Å²) < 4.78 is 5.49. The first-order valence-corrected chi connectivity index (χ1v) is 6.38. The van der Waals surface area contributed by atoms with Crippen LogP contribution in [0.15, 0.2) is 53.1 Å². The van der Waals surface area contributed by atoms with Crippen LogP contribution in [0.25, 0.3) is 11.0 Å². The number of hydrogen-bond acceptors (Lipinski definition) is 2. The van der Waals surface area contributed by atoms with Gasteiger partial charge in [0.2, 0.25) is 0 Å². The molecule has 0 amide bonds. The third kappa shape index (κ3) is 2.04. The van der Waals surface area contributed by atoms with Crippen molar-refractivity contribution in [3.63, 3.8) is 0 Å². The van der Waals surface area contributed by atoms with Crippen molar-refractivity contribution in [1.82, 2.24) is 0 Å². The Morgan fingerprint density at radius 3 is 2.58 bits per heavy atom. The lowest BCUT2D eigenvalue weighted by atomic mass is 9.97. The molecule has 0 saturated carbocycles. The second-order valence-electron chi connectivity index (χ2n) is 4.93. The van der Waals surface area contributed by atoms with Crippen LogP contribution in [0.4, 0.5) is 0 Å². The number of aliphatic hydroxyl groups is 1. The fraction of sp³-hybridized carbons (Fsp3) is 0.176. The lowest BCUT2D eigenvalue weighted by Gasteiger charge is -2.11. The van der Waals surface area contributed by atoms with Crippen molar-refractivity contribution in [2.75, 3.05) is 0 Å². The van der Waals surface area contributed by atoms with Gasteiger partial charge in [-0.3, -0.25) is 0 Å². The first-order chi connectivity index (χ1) is 9.16. The van der Waals surface area contributed by atoms with Gasteiger partial charge in [-0.1, -0.05) is 36.4 Å². The van der Waals surface area contributed by atoms with Crippen LogP contribution < -0.4 is 0 Å². The molecule has 1 aromatic heterocycles. The smallest absolute Gasteiger partial charge is 0.134 e. The van der Waals surface area contributed by atoms with Crippen molar-refractivity contribution < 1.29 is 9.52 Å². The lowest BCUT2D eigenvalue weighted by Crippen LogP contribution is -1.99. The molecule has 3 rings (SSSR count). The molecule has 0 aliphatic carbocycles. The van der Waals surface area contributed by atoms with Crippen molar-refractivity contribution in [2.24, 2.45) is 0 Å². The summed E-state index contributed by atoms with van der Waals surface area (Å²) in [6.45, 7) is 4.12. The van der Waals surface area contributed by atoms with Crippen LogP contribution in [0.1, 0.15) is 28.4 Å². The summed E-state index contributed by atoms with van der Waals surface area (Å²) in [7, 11) is 0. The maximum Gasteiger partial charge on any atom is 0.134 e. The fourth-order valence-electron chi connectivity index (χ4n) is 2.32. The number of para-hydroxylation sites is 1. The summed E-state index contributed by atoms with van der Waals surface area (Å²) in [5.41, 5.74) is 4.94. The van der Waals surface area contributed by atoms with Crippen molar-refractivity contribution in [1.29, 1.82) is 0 Å². The van der Waals surface area contributed by atoms with E-state index < -0.39 is 6.10 Å². The van der Waals surface area contributed by atoms with E-state index in [0.29, 0.717) is 0 Å². The number of aliphatic hydroxyl groups excluding tert-OH is 1. The van der Waals surface area contributed by atoms with Crippen molar-refractivity contribution >= 4 is 11.0 Å². The molecule has 0 bridgehead atoms. The van der Waals surface area contributed by atoms with Gasteiger partial charge in [0, 0.05) is 10.9 Å².